The summed E-state index contributed by atoms with van der Waals surface area (Å²) >= 11 is 0. The van der Waals surface area contributed by atoms with Crippen LogP contribution in [0.1, 0.15) is 45.2 Å². The minimum absolute atomic E-state index is 0.682. The first kappa shape index (κ1) is 22.3. The van der Waals surface area contributed by atoms with Crippen LogP contribution in [0.5, 0.6) is 0 Å². The number of guanidine groups is 1. The molecule has 1 saturated heterocycles. The molecule has 32 heavy (non-hydrogen) atoms. The third-order valence-corrected chi connectivity index (χ3v) is 6.17. The second-order valence-electron chi connectivity index (χ2n) is 8.90. The number of aromatic amines is 1. The highest BCUT2D eigenvalue weighted by Gasteiger charge is 2.22. The third kappa shape index (κ3) is 5.65. The maximum atomic E-state index is 4.99. The molecule has 7 nitrogen and oxygen atoms in total. The Bertz CT molecular complexity index is 1010. The van der Waals surface area contributed by atoms with E-state index in [0.29, 0.717) is 12.2 Å². The van der Waals surface area contributed by atoms with Gasteiger partial charge in [-0.05, 0) is 57.4 Å². The molecule has 0 saturated carbocycles. The Kier molecular flexibility index (Phi) is 7.05. The van der Waals surface area contributed by atoms with E-state index in [1.165, 1.54) is 16.7 Å². The van der Waals surface area contributed by atoms with Crippen LogP contribution in [0.3, 0.4) is 0 Å². The molecule has 0 aromatic carbocycles. The van der Waals surface area contributed by atoms with Crippen molar-refractivity contribution in [3.63, 3.8) is 0 Å². The number of hydrogen-bond donors (Lipinski definition) is 2. The van der Waals surface area contributed by atoms with Gasteiger partial charge < -0.3 is 15.1 Å². The van der Waals surface area contributed by atoms with E-state index in [2.05, 4.69) is 70.5 Å². The van der Waals surface area contributed by atoms with Gasteiger partial charge in [-0.1, -0.05) is 30.7 Å². The number of aliphatic imine (C=N–C) groups is 2. The molecule has 0 unspecified atom stereocenters. The largest absolute Gasteiger partial charge is 0.340 e. The average molecular weight is 434 g/mol. The molecule has 0 radical (unpaired) electrons. The zero-order valence-electron chi connectivity index (χ0n) is 19.8. The van der Waals surface area contributed by atoms with Crippen molar-refractivity contribution < 1.29 is 0 Å². The number of nitrogens with zero attached hydrogens (tertiary/aromatic N) is 5. The molecule has 0 atom stereocenters. The van der Waals surface area contributed by atoms with Crippen molar-refractivity contribution in [1.82, 2.24) is 25.3 Å². The number of nitrogens with one attached hydrogen (secondary N) is 2. The number of likely N-dealkylation sites (N-methyl/N-ethyl adjacent to an activating group) is 1. The first-order valence-electron chi connectivity index (χ1n) is 11.7. The molecule has 170 valence electrons. The van der Waals surface area contributed by atoms with E-state index in [0.717, 1.165) is 68.6 Å². The second kappa shape index (κ2) is 10.1. The van der Waals surface area contributed by atoms with Gasteiger partial charge in [0.2, 0.25) is 5.96 Å². The summed E-state index contributed by atoms with van der Waals surface area (Å²) in [5, 5.41) is 10.9. The van der Waals surface area contributed by atoms with Crippen molar-refractivity contribution in [3.05, 3.63) is 58.5 Å². The minimum atomic E-state index is 0.682. The van der Waals surface area contributed by atoms with E-state index < -0.39 is 0 Å². The molecule has 1 aromatic rings. The summed E-state index contributed by atoms with van der Waals surface area (Å²) in [7, 11) is 2.17. The van der Waals surface area contributed by atoms with Gasteiger partial charge in [-0.3, -0.25) is 5.10 Å². The molecule has 0 spiro atoms. The summed E-state index contributed by atoms with van der Waals surface area (Å²) in [5.41, 5.74) is 6.15. The zero-order valence-corrected chi connectivity index (χ0v) is 19.8. The number of hydrogen-bond acceptors (Lipinski definition) is 5. The van der Waals surface area contributed by atoms with Gasteiger partial charge >= 0.3 is 0 Å². The molecule has 4 rings (SSSR count). The van der Waals surface area contributed by atoms with Crippen molar-refractivity contribution in [2.75, 3.05) is 33.2 Å². The predicted octanol–water partition coefficient (Wildman–Crippen LogP) is 4.23. The fourth-order valence-corrected chi connectivity index (χ4v) is 4.16. The number of aryl methyl sites for hydroxylation is 1. The molecule has 2 aliphatic heterocycles. The Morgan fingerprint density at radius 3 is 2.66 bits per heavy atom. The van der Waals surface area contributed by atoms with E-state index >= 15 is 0 Å². The highest BCUT2D eigenvalue weighted by atomic mass is 15.4. The van der Waals surface area contributed by atoms with Gasteiger partial charge in [0.1, 0.15) is 5.84 Å². The second-order valence-corrected chi connectivity index (χ2v) is 8.90. The van der Waals surface area contributed by atoms with Crippen molar-refractivity contribution in [1.29, 1.82) is 0 Å². The smallest absolute Gasteiger partial charge is 0.205 e. The summed E-state index contributed by atoms with van der Waals surface area (Å²) in [6.45, 7) is 10.3. The van der Waals surface area contributed by atoms with Gasteiger partial charge in [-0.25, -0.2) is 4.99 Å². The maximum Gasteiger partial charge on any atom is 0.205 e. The van der Waals surface area contributed by atoms with Gasteiger partial charge in [0.15, 0.2) is 5.82 Å². The monoisotopic (exact) mass is 433 g/mol. The molecular weight excluding hydrogens is 398 g/mol. The summed E-state index contributed by atoms with van der Waals surface area (Å²) in [5.74, 6) is 2.36. The van der Waals surface area contributed by atoms with Crippen LogP contribution in [0.2, 0.25) is 0 Å². The van der Waals surface area contributed by atoms with E-state index in [-0.39, 0.29) is 0 Å². The predicted molar refractivity (Wildman–Crippen MR) is 132 cm³/mol. The lowest BCUT2D eigenvalue weighted by atomic mass is 9.99. The molecule has 0 amide bonds. The Labute approximate surface area is 191 Å². The lowest BCUT2D eigenvalue weighted by Gasteiger charge is -2.34. The molecule has 3 aliphatic rings. The van der Waals surface area contributed by atoms with Crippen LogP contribution in [0.25, 0.3) is 0 Å². The highest BCUT2D eigenvalue weighted by Crippen LogP contribution is 2.23. The fraction of sp³-hybridized carbons (Fsp3) is 0.480. The van der Waals surface area contributed by atoms with Crippen LogP contribution >= 0.6 is 0 Å². The minimum Gasteiger partial charge on any atom is -0.340 e. The summed E-state index contributed by atoms with van der Waals surface area (Å²) < 4.78 is 0. The first-order chi connectivity index (χ1) is 15.5. The van der Waals surface area contributed by atoms with E-state index in [1.54, 1.807) is 0 Å². The molecule has 1 aromatic heterocycles. The summed E-state index contributed by atoms with van der Waals surface area (Å²) in [6.07, 6.45) is 13.0. The Balaban J connectivity index is 1.67. The zero-order chi connectivity index (χ0) is 22.5. The quantitative estimate of drug-likeness (QED) is 0.745. The maximum absolute atomic E-state index is 4.99. The standard InChI is InChI=1S/C25H35N7/c1-5-21-17-23(27-24-16-19(3)29-30-24)28-25(32-13-11-31(4)12-14-32)26-22(21)10-9-20-8-6-7-18(2)15-20/h8-10,15-16H,5-7,11-14,17H2,1-4H3,(H2,26,27,28,29,30)/b10-9+. The first-order valence-corrected chi connectivity index (χ1v) is 11.7. The number of allylic oxidation sites excluding steroid dienone is 6. The van der Waals surface area contributed by atoms with Crippen molar-refractivity contribution >= 4 is 17.6 Å². The molecule has 1 fully saturated rings. The number of H-pyrrole nitrogens is 1. The Morgan fingerprint density at radius 1 is 1.16 bits per heavy atom. The Hall–Kier alpha value is -2.93. The lowest BCUT2D eigenvalue weighted by Crippen LogP contribution is -2.51. The van der Waals surface area contributed by atoms with Gasteiger partial charge in [0.05, 0.1) is 0 Å². The van der Waals surface area contributed by atoms with Gasteiger partial charge in [0, 0.05) is 50.1 Å². The number of aromatic nitrogens is 2. The average Bonchev–Trinajstić information content (AvgIpc) is 3.10. The SMILES string of the molecule is CCC1=C(/C=C/C2=CCCC(C)=C2)NC(N2CCN(C)CC2)=NC(=Nc2cc(C)[nH]n2)C1. The van der Waals surface area contributed by atoms with Crippen LogP contribution in [-0.4, -0.2) is 65.0 Å². The number of piperazine rings is 1. The topological polar surface area (TPSA) is 71.9 Å². The van der Waals surface area contributed by atoms with Crippen LogP contribution < -0.4 is 5.32 Å². The van der Waals surface area contributed by atoms with Crippen LogP contribution in [-0.2, 0) is 0 Å². The lowest BCUT2D eigenvalue weighted by molar-refractivity contribution is 0.212. The van der Waals surface area contributed by atoms with E-state index in [1.807, 2.05) is 13.0 Å². The van der Waals surface area contributed by atoms with Crippen molar-refractivity contribution in [2.45, 2.75) is 46.5 Å². The van der Waals surface area contributed by atoms with Crippen molar-refractivity contribution in [3.8, 4) is 0 Å². The molecule has 0 bridgehead atoms. The van der Waals surface area contributed by atoms with E-state index in [9.17, 15) is 0 Å². The van der Waals surface area contributed by atoms with E-state index in [4.69, 9.17) is 9.98 Å². The Morgan fingerprint density at radius 2 is 1.97 bits per heavy atom. The number of amidine groups is 1. The molecule has 1 aliphatic carbocycles. The number of rotatable bonds is 4. The van der Waals surface area contributed by atoms with Gasteiger partial charge in [-0.15, -0.1) is 0 Å². The summed E-state index contributed by atoms with van der Waals surface area (Å²) in [4.78, 5) is 14.5. The van der Waals surface area contributed by atoms with Crippen molar-refractivity contribution in [2.24, 2.45) is 9.98 Å². The molecule has 7 heteroatoms. The molecular formula is C25H35N7. The van der Waals surface area contributed by atoms with Gasteiger partial charge in [-0.2, -0.15) is 10.1 Å². The van der Waals surface area contributed by atoms with Crippen LogP contribution in [0.15, 0.2) is 62.8 Å². The highest BCUT2D eigenvalue weighted by molar-refractivity contribution is 6.00. The summed E-state index contributed by atoms with van der Waals surface area (Å²) in [6, 6.07) is 1.96. The van der Waals surface area contributed by atoms with Crippen LogP contribution in [0, 0.1) is 6.92 Å². The fourth-order valence-electron chi connectivity index (χ4n) is 4.16. The van der Waals surface area contributed by atoms with Crippen LogP contribution in [0.4, 0.5) is 5.82 Å². The normalized spacial score (nSPS) is 22.1. The van der Waals surface area contributed by atoms with Gasteiger partial charge in [0.25, 0.3) is 0 Å². The molecule has 3 heterocycles. The molecule has 2 N–H and O–H groups in total. The third-order valence-electron chi connectivity index (χ3n) is 6.17.